The monoisotopic (exact) mass is 445 g/mol. The molecule has 0 radical (unpaired) electrons. The van der Waals surface area contributed by atoms with E-state index >= 15 is 0 Å². The number of carbonyl (C=O) groups is 2. The Morgan fingerprint density at radius 3 is 1.39 bits per heavy atom. The highest BCUT2D eigenvalue weighted by molar-refractivity contribution is 5.66. The lowest BCUT2D eigenvalue weighted by Gasteiger charge is -2.26. The summed E-state index contributed by atoms with van der Waals surface area (Å²) in [5, 5.41) is 27.7. The second-order valence-corrected chi connectivity index (χ2v) is 9.80. The summed E-state index contributed by atoms with van der Waals surface area (Å²) < 4.78 is 0.550. The molecule has 0 saturated carbocycles. The minimum Gasteiger partial charge on any atom is -0.550 e. The Kier molecular flexibility index (Phi) is 22.8. The maximum Gasteiger partial charge on any atom is 0.303 e. The molecule has 31 heavy (non-hydrogen) atoms. The van der Waals surface area contributed by atoms with Gasteiger partial charge in [-0.3, -0.25) is 4.79 Å². The van der Waals surface area contributed by atoms with Gasteiger partial charge in [-0.05, 0) is 6.42 Å². The van der Waals surface area contributed by atoms with Gasteiger partial charge < -0.3 is 24.6 Å². The molecule has 0 aromatic heterocycles. The number of quaternary nitrogens is 1. The predicted molar refractivity (Wildman–Crippen MR) is 126 cm³/mol. The molecule has 0 fully saturated rings. The van der Waals surface area contributed by atoms with Gasteiger partial charge >= 0.3 is 5.97 Å². The minimum atomic E-state index is -1.20. The number of aliphatic carboxylic acids is 2. The number of nitrogens with zero attached hydrogens (tertiary/aromatic N) is 1. The van der Waals surface area contributed by atoms with Crippen molar-refractivity contribution in [1.29, 1.82) is 0 Å². The van der Waals surface area contributed by atoms with Crippen LogP contribution >= 0.6 is 0 Å². The highest BCUT2D eigenvalue weighted by atomic mass is 16.4. The van der Waals surface area contributed by atoms with Crippen molar-refractivity contribution in [2.24, 2.45) is 0 Å². The molecule has 0 heterocycles. The highest BCUT2D eigenvalue weighted by Crippen LogP contribution is 2.13. The molecule has 0 aliphatic heterocycles. The van der Waals surface area contributed by atoms with E-state index in [1.54, 1.807) is 0 Å². The molecule has 1 atom stereocenters. The smallest absolute Gasteiger partial charge is 0.303 e. The summed E-state index contributed by atoms with van der Waals surface area (Å²) in [6.45, 7) is 2.69. The Balaban J connectivity index is 0. The second-order valence-electron chi connectivity index (χ2n) is 9.80. The van der Waals surface area contributed by atoms with E-state index in [1.807, 2.05) is 21.1 Å². The number of likely N-dealkylation sites (N-methyl/N-ethyl adjacent to an activating group) is 1. The Hall–Kier alpha value is -1.14. The molecule has 0 aromatic carbocycles. The third kappa shape index (κ3) is 33.7. The fourth-order valence-corrected chi connectivity index (χ4v) is 3.54. The summed E-state index contributed by atoms with van der Waals surface area (Å²) in [6, 6.07) is 0. The first-order chi connectivity index (χ1) is 14.6. The maximum atomic E-state index is 10.3. The van der Waals surface area contributed by atoms with Gasteiger partial charge in [0.05, 0.1) is 21.1 Å². The normalized spacial score (nSPS) is 12.2. The van der Waals surface area contributed by atoms with Crippen LogP contribution in [0.3, 0.4) is 0 Å². The molecule has 186 valence electrons. The number of unbranched alkanes of at least 4 members (excludes halogenated alkanes) is 14. The molecule has 0 aromatic rings. The summed E-state index contributed by atoms with van der Waals surface area (Å²) in [6.07, 6.45) is 19.1. The third-order valence-corrected chi connectivity index (χ3v) is 5.15. The lowest BCUT2D eigenvalue weighted by Crippen LogP contribution is -2.43. The first kappa shape index (κ1) is 32.0. The van der Waals surface area contributed by atoms with Crippen molar-refractivity contribution in [3.8, 4) is 0 Å². The van der Waals surface area contributed by atoms with Crippen LogP contribution in [0.15, 0.2) is 0 Å². The Labute approximate surface area is 191 Å². The van der Waals surface area contributed by atoms with Gasteiger partial charge in [0.2, 0.25) is 0 Å². The van der Waals surface area contributed by atoms with Gasteiger partial charge in [0, 0.05) is 18.8 Å². The van der Waals surface area contributed by atoms with Crippen molar-refractivity contribution in [3.63, 3.8) is 0 Å². The van der Waals surface area contributed by atoms with Crippen LogP contribution in [-0.4, -0.2) is 60.4 Å². The Morgan fingerprint density at radius 2 is 1.10 bits per heavy atom. The van der Waals surface area contributed by atoms with E-state index in [4.69, 9.17) is 10.2 Å². The number of carboxylic acid groups (broad SMARTS) is 2. The van der Waals surface area contributed by atoms with Crippen LogP contribution in [0.4, 0.5) is 0 Å². The second kappa shape index (κ2) is 22.1. The topological polar surface area (TPSA) is 97.7 Å². The zero-order valence-corrected chi connectivity index (χ0v) is 20.9. The number of hydrogen-bond donors (Lipinski definition) is 2. The standard InChI is InChI=1S/C18H36O2.C7H15NO3/c1-2-3-4-5-6-7-8-9-10-11-12-13-14-15-16-17-18(19)20;1-8(2,3)5-6(9)4-7(10)11/h2-17H2,1H3,(H,19,20);6,9H,4-5H2,1-3H3/t;6-/m.1/s1. The molecule has 0 aliphatic carbocycles. The van der Waals surface area contributed by atoms with E-state index < -0.39 is 18.0 Å². The highest BCUT2D eigenvalue weighted by Gasteiger charge is 2.14. The van der Waals surface area contributed by atoms with Crippen LogP contribution in [0.2, 0.25) is 0 Å². The zero-order chi connectivity index (χ0) is 24.0. The van der Waals surface area contributed by atoms with Crippen LogP contribution < -0.4 is 5.11 Å². The predicted octanol–water partition coefficient (Wildman–Crippen LogP) is 4.53. The van der Waals surface area contributed by atoms with Gasteiger partial charge in [0.25, 0.3) is 0 Å². The van der Waals surface area contributed by atoms with Gasteiger partial charge in [-0.1, -0.05) is 96.8 Å². The lowest BCUT2D eigenvalue weighted by atomic mass is 10.0. The molecule has 0 bridgehead atoms. The van der Waals surface area contributed by atoms with Gasteiger partial charge in [-0.25, -0.2) is 0 Å². The number of rotatable bonds is 20. The molecular formula is C25H51NO5. The molecule has 0 unspecified atom stereocenters. The largest absolute Gasteiger partial charge is 0.550 e. The van der Waals surface area contributed by atoms with Crippen LogP contribution in [0.5, 0.6) is 0 Å². The average Bonchev–Trinajstić information content (AvgIpc) is 2.63. The molecule has 6 heteroatoms. The molecule has 0 saturated heterocycles. The quantitative estimate of drug-likeness (QED) is 0.212. The summed E-state index contributed by atoms with van der Waals surface area (Å²) in [5.74, 6) is -1.86. The molecule has 0 spiro atoms. The number of aliphatic hydroxyl groups excluding tert-OH is 1. The van der Waals surface area contributed by atoms with Crippen molar-refractivity contribution in [2.45, 2.75) is 122 Å². The first-order valence-corrected chi connectivity index (χ1v) is 12.5. The van der Waals surface area contributed by atoms with Crippen molar-refractivity contribution < 1.29 is 29.4 Å². The SMILES string of the molecule is CCCCCCCCCCCCCCCCCC(=O)O.C[N+](C)(C)C[C@H](O)CC(=O)[O-]. The van der Waals surface area contributed by atoms with E-state index in [0.29, 0.717) is 17.4 Å². The summed E-state index contributed by atoms with van der Waals surface area (Å²) >= 11 is 0. The fourth-order valence-electron chi connectivity index (χ4n) is 3.54. The van der Waals surface area contributed by atoms with Crippen molar-refractivity contribution in [1.82, 2.24) is 0 Å². The Bertz CT molecular complexity index is 421. The van der Waals surface area contributed by atoms with Gasteiger partial charge in [0.15, 0.2) is 0 Å². The van der Waals surface area contributed by atoms with Gasteiger partial charge in [0.1, 0.15) is 12.6 Å². The number of aliphatic hydroxyl groups is 1. The van der Waals surface area contributed by atoms with E-state index in [0.717, 1.165) is 12.8 Å². The Morgan fingerprint density at radius 1 is 0.742 bits per heavy atom. The van der Waals surface area contributed by atoms with Gasteiger partial charge in [-0.2, -0.15) is 0 Å². The lowest BCUT2D eigenvalue weighted by molar-refractivity contribution is -0.873. The zero-order valence-electron chi connectivity index (χ0n) is 20.9. The van der Waals surface area contributed by atoms with Crippen molar-refractivity contribution in [2.75, 3.05) is 27.7 Å². The van der Waals surface area contributed by atoms with E-state index in [-0.39, 0.29) is 6.42 Å². The first-order valence-electron chi connectivity index (χ1n) is 12.5. The van der Waals surface area contributed by atoms with Crippen LogP contribution in [0.1, 0.15) is 116 Å². The van der Waals surface area contributed by atoms with Crippen molar-refractivity contribution in [3.05, 3.63) is 0 Å². The summed E-state index contributed by atoms with van der Waals surface area (Å²) in [7, 11) is 5.66. The molecule has 0 rings (SSSR count). The molecule has 2 N–H and O–H groups in total. The fraction of sp³-hybridized carbons (Fsp3) is 0.920. The molecule has 0 aliphatic rings. The average molecular weight is 446 g/mol. The van der Waals surface area contributed by atoms with E-state index in [9.17, 15) is 14.7 Å². The van der Waals surface area contributed by atoms with Crippen LogP contribution in [0.25, 0.3) is 0 Å². The molecule has 6 nitrogen and oxygen atoms in total. The summed E-state index contributed by atoms with van der Waals surface area (Å²) in [5.41, 5.74) is 0. The van der Waals surface area contributed by atoms with Gasteiger partial charge in [-0.15, -0.1) is 0 Å². The number of carboxylic acids is 2. The van der Waals surface area contributed by atoms with E-state index in [1.165, 1.54) is 83.5 Å². The third-order valence-electron chi connectivity index (χ3n) is 5.15. The van der Waals surface area contributed by atoms with Crippen molar-refractivity contribution >= 4 is 11.9 Å². The number of carbonyl (C=O) groups excluding carboxylic acids is 1. The summed E-state index contributed by atoms with van der Waals surface area (Å²) in [4.78, 5) is 20.4. The maximum absolute atomic E-state index is 10.3. The van der Waals surface area contributed by atoms with E-state index in [2.05, 4.69) is 6.92 Å². The molecule has 0 amide bonds. The number of hydrogen-bond acceptors (Lipinski definition) is 4. The van der Waals surface area contributed by atoms with Crippen LogP contribution in [-0.2, 0) is 9.59 Å². The molecular weight excluding hydrogens is 394 g/mol. The minimum absolute atomic E-state index is 0.282. The van der Waals surface area contributed by atoms with Crippen LogP contribution in [0, 0.1) is 0 Å².